The number of hydrogen-bond acceptors (Lipinski definition) is 2. The van der Waals surface area contributed by atoms with Gasteiger partial charge in [-0.1, -0.05) is 25.5 Å². The molecule has 1 fully saturated rings. The van der Waals surface area contributed by atoms with Crippen molar-refractivity contribution < 1.29 is 4.79 Å². The summed E-state index contributed by atoms with van der Waals surface area (Å²) in [6, 6.07) is 1.46. The van der Waals surface area contributed by atoms with Crippen LogP contribution in [0.25, 0.3) is 0 Å². The zero-order valence-electron chi connectivity index (χ0n) is 15.9. The Kier molecular flexibility index (Phi) is 6.12. The fraction of sp³-hybridized carbons (Fsp3) is 0.842. The van der Waals surface area contributed by atoms with E-state index in [2.05, 4.69) is 57.4 Å². The fourth-order valence-electron chi connectivity index (χ4n) is 3.63. The van der Waals surface area contributed by atoms with Gasteiger partial charge in [-0.2, -0.15) is 0 Å². The third kappa shape index (κ3) is 4.28. The fourth-order valence-corrected chi connectivity index (χ4v) is 3.63. The average molecular weight is 322 g/mol. The van der Waals surface area contributed by atoms with Gasteiger partial charge in [0.2, 0.25) is 0 Å². The summed E-state index contributed by atoms with van der Waals surface area (Å²) in [6.45, 7) is 17.3. The van der Waals surface area contributed by atoms with Crippen molar-refractivity contribution in [3.05, 3.63) is 11.6 Å². The first-order valence-corrected chi connectivity index (χ1v) is 9.31. The SMILES string of the molecule is CC(C)C1=CCN(C(C)CCC(C)N2CCN(C(C)C)C2=O)C1. The molecule has 0 radical (unpaired) electrons. The van der Waals surface area contributed by atoms with E-state index in [1.54, 1.807) is 5.57 Å². The summed E-state index contributed by atoms with van der Waals surface area (Å²) in [5.74, 6) is 0.662. The van der Waals surface area contributed by atoms with E-state index in [1.165, 1.54) is 0 Å². The van der Waals surface area contributed by atoms with Gasteiger partial charge in [-0.05, 0) is 46.5 Å². The molecule has 4 nitrogen and oxygen atoms in total. The molecule has 0 saturated carbocycles. The maximum atomic E-state index is 12.4. The summed E-state index contributed by atoms with van der Waals surface area (Å²) in [5, 5.41) is 0. The van der Waals surface area contributed by atoms with Crippen LogP contribution in [0.4, 0.5) is 4.79 Å². The molecule has 0 N–H and O–H groups in total. The first kappa shape index (κ1) is 18.3. The van der Waals surface area contributed by atoms with Gasteiger partial charge >= 0.3 is 6.03 Å². The van der Waals surface area contributed by atoms with Crippen molar-refractivity contribution in [2.45, 2.75) is 72.5 Å². The summed E-state index contributed by atoms with van der Waals surface area (Å²) in [5.41, 5.74) is 1.58. The quantitative estimate of drug-likeness (QED) is 0.670. The van der Waals surface area contributed by atoms with E-state index in [4.69, 9.17) is 0 Å². The molecule has 132 valence electrons. The Morgan fingerprint density at radius 3 is 2.09 bits per heavy atom. The summed E-state index contributed by atoms with van der Waals surface area (Å²) >= 11 is 0. The molecule has 23 heavy (non-hydrogen) atoms. The molecule has 0 aliphatic carbocycles. The third-order valence-electron chi connectivity index (χ3n) is 5.57. The number of carbonyl (C=O) groups is 1. The van der Waals surface area contributed by atoms with Crippen LogP contribution in [0.2, 0.25) is 0 Å². The number of rotatable bonds is 7. The molecule has 2 unspecified atom stereocenters. The lowest BCUT2D eigenvalue weighted by atomic mass is 10.0. The van der Waals surface area contributed by atoms with E-state index in [1.807, 2.05) is 4.90 Å². The highest BCUT2D eigenvalue weighted by molar-refractivity contribution is 5.77. The number of carbonyl (C=O) groups excluding carboxylic acids is 1. The standard InChI is InChI=1S/C19H35N3O/c1-14(2)18-9-10-20(13-18)16(5)7-8-17(6)22-12-11-21(15(3)4)19(22)23/h9,14-17H,7-8,10-13H2,1-6H3. The Hall–Kier alpha value is -1.03. The molecule has 2 heterocycles. The van der Waals surface area contributed by atoms with Crippen molar-refractivity contribution in [3.63, 3.8) is 0 Å². The second-order valence-electron chi connectivity index (χ2n) is 7.90. The van der Waals surface area contributed by atoms with Gasteiger partial charge in [0.1, 0.15) is 0 Å². The maximum Gasteiger partial charge on any atom is 0.320 e. The molecule has 0 bridgehead atoms. The number of amides is 2. The van der Waals surface area contributed by atoms with Gasteiger partial charge in [-0.3, -0.25) is 4.90 Å². The van der Waals surface area contributed by atoms with Crippen LogP contribution in [0, 0.1) is 5.92 Å². The van der Waals surface area contributed by atoms with Gasteiger partial charge in [-0.15, -0.1) is 0 Å². The van der Waals surface area contributed by atoms with Crippen molar-refractivity contribution in [2.75, 3.05) is 26.2 Å². The average Bonchev–Trinajstić information content (AvgIpc) is 3.11. The predicted molar refractivity (Wildman–Crippen MR) is 96.6 cm³/mol. The van der Waals surface area contributed by atoms with E-state index in [-0.39, 0.29) is 6.03 Å². The van der Waals surface area contributed by atoms with Crippen molar-refractivity contribution >= 4 is 6.03 Å². The summed E-state index contributed by atoms with van der Waals surface area (Å²) in [6.07, 6.45) is 4.65. The van der Waals surface area contributed by atoms with Crippen LogP contribution >= 0.6 is 0 Å². The Morgan fingerprint density at radius 2 is 1.57 bits per heavy atom. The van der Waals surface area contributed by atoms with E-state index in [0.717, 1.165) is 39.0 Å². The van der Waals surface area contributed by atoms with Gasteiger partial charge in [0, 0.05) is 44.3 Å². The number of urea groups is 1. The van der Waals surface area contributed by atoms with Crippen LogP contribution in [0.15, 0.2) is 11.6 Å². The second kappa shape index (κ2) is 7.69. The lowest BCUT2D eigenvalue weighted by Gasteiger charge is -2.29. The van der Waals surface area contributed by atoms with Crippen LogP contribution in [0.1, 0.15) is 54.4 Å². The van der Waals surface area contributed by atoms with E-state index in [0.29, 0.717) is 24.0 Å². The van der Waals surface area contributed by atoms with Crippen molar-refractivity contribution in [2.24, 2.45) is 5.92 Å². The molecule has 0 aromatic rings. The van der Waals surface area contributed by atoms with Crippen molar-refractivity contribution in [1.29, 1.82) is 0 Å². The molecular formula is C19H35N3O. The van der Waals surface area contributed by atoms with Gasteiger partial charge in [0.05, 0.1) is 0 Å². The Bertz CT molecular complexity index is 444. The van der Waals surface area contributed by atoms with Crippen LogP contribution in [-0.4, -0.2) is 65.0 Å². The zero-order chi connectivity index (χ0) is 17.1. The van der Waals surface area contributed by atoms with Crippen molar-refractivity contribution in [3.8, 4) is 0 Å². The summed E-state index contributed by atoms with van der Waals surface area (Å²) < 4.78 is 0. The van der Waals surface area contributed by atoms with Crippen LogP contribution in [-0.2, 0) is 0 Å². The van der Waals surface area contributed by atoms with Gasteiger partial charge in [0.15, 0.2) is 0 Å². The largest absolute Gasteiger partial charge is 0.320 e. The Labute approximate surface area is 142 Å². The topological polar surface area (TPSA) is 26.8 Å². The highest BCUT2D eigenvalue weighted by atomic mass is 16.2. The van der Waals surface area contributed by atoms with E-state index < -0.39 is 0 Å². The van der Waals surface area contributed by atoms with E-state index in [9.17, 15) is 4.79 Å². The second-order valence-corrected chi connectivity index (χ2v) is 7.90. The molecule has 4 heteroatoms. The van der Waals surface area contributed by atoms with Crippen LogP contribution in [0.3, 0.4) is 0 Å². The first-order chi connectivity index (χ1) is 10.8. The van der Waals surface area contributed by atoms with Crippen LogP contribution in [0.5, 0.6) is 0 Å². The lowest BCUT2D eigenvalue weighted by Crippen LogP contribution is -2.41. The maximum absolute atomic E-state index is 12.4. The van der Waals surface area contributed by atoms with Crippen LogP contribution < -0.4 is 0 Å². The molecule has 1 saturated heterocycles. The lowest BCUT2D eigenvalue weighted by molar-refractivity contribution is 0.165. The highest BCUT2D eigenvalue weighted by Crippen LogP contribution is 2.23. The highest BCUT2D eigenvalue weighted by Gasteiger charge is 2.33. The Morgan fingerprint density at radius 1 is 0.957 bits per heavy atom. The van der Waals surface area contributed by atoms with E-state index >= 15 is 0 Å². The molecule has 0 spiro atoms. The summed E-state index contributed by atoms with van der Waals surface area (Å²) in [7, 11) is 0. The molecule has 0 aromatic carbocycles. The zero-order valence-corrected chi connectivity index (χ0v) is 15.9. The minimum absolute atomic E-state index is 0.227. The smallest absolute Gasteiger partial charge is 0.320 e. The molecule has 2 amide bonds. The minimum atomic E-state index is 0.227. The normalized spacial score (nSPS) is 22.4. The predicted octanol–water partition coefficient (Wildman–Crippen LogP) is 3.59. The number of hydrogen-bond donors (Lipinski definition) is 0. The molecular weight excluding hydrogens is 286 g/mol. The third-order valence-corrected chi connectivity index (χ3v) is 5.57. The monoisotopic (exact) mass is 321 g/mol. The molecule has 2 aliphatic rings. The van der Waals surface area contributed by atoms with Gasteiger partial charge in [-0.25, -0.2) is 4.79 Å². The minimum Gasteiger partial charge on any atom is -0.320 e. The first-order valence-electron chi connectivity index (χ1n) is 9.31. The molecule has 0 aromatic heterocycles. The molecule has 2 rings (SSSR count). The molecule has 2 aliphatic heterocycles. The van der Waals surface area contributed by atoms with Gasteiger partial charge in [0.25, 0.3) is 0 Å². The Balaban J connectivity index is 1.77. The van der Waals surface area contributed by atoms with Gasteiger partial charge < -0.3 is 9.80 Å². The molecule has 2 atom stereocenters. The number of nitrogens with zero attached hydrogens (tertiary/aromatic N) is 3. The summed E-state index contributed by atoms with van der Waals surface area (Å²) in [4.78, 5) is 19.1. The van der Waals surface area contributed by atoms with Crippen molar-refractivity contribution in [1.82, 2.24) is 14.7 Å².